The molecule has 0 aliphatic heterocycles. The second kappa shape index (κ2) is 10.8. The van der Waals surface area contributed by atoms with Gasteiger partial charge in [0, 0.05) is 35.5 Å². The zero-order valence-corrected chi connectivity index (χ0v) is 19.4. The van der Waals surface area contributed by atoms with E-state index in [1.165, 1.54) is 0 Å². The predicted octanol–water partition coefficient (Wildman–Crippen LogP) is 5.19. The van der Waals surface area contributed by atoms with Crippen LogP contribution in [-0.2, 0) is 11.3 Å². The van der Waals surface area contributed by atoms with E-state index in [0.717, 1.165) is 24.2 Å². The molecule has 0 bridgehead atoms. The highest BCUT2D eigenvalue weighted by atomic mass is 16.5. The minimum Gasteiger partial charge on any atom is -0.494 e. The second-order valence-electron chi connectivity index (χ2n) is 8.46. The molecule has 2 amide bonds. The SMILES string of the molecule is CCCOc1ccc(Oc2ncccc2CNC(=O)c2cccc(NC(=O)C3CC3C)c2)cc1. The summed E-state index contributed by atoms with van der Waals surface area (Å²) >= 11 is 0. The second-order valence-corrected chi connectivity index (χ2v) is 8.46. The fourth-order valence-electron chi connectivity index (χ4n) is 3.52. The third kappa shape index (κ3) is 6.13. The van der Waals surface area contributed by atoms with Crippen LogP contribution in [-0.4, -0.2) is 23.4 Å². The zero-order valence-electron chi connectivity index (χ0n) is 19.4. The molecular weight excluding hydrogens is 430 g/mol. The largest absolute Gasteiger partial charge is 0.494 e. The van der Waals surface area contributed by atoms with Gasteiger partial charge in [0.2, 0.25) is 11.8 Å². The first-order valence-electron chi connectivity index (χ1n) is 11.6. The number of nitrogens with one attached hydrogen (secondary N) is 2. The van der Waals surface area contributed by atoms with Crippen molar-refractivity contribution in [3.63, 3.8) is 0 Å². The summed E-state index contributed by atoms with van der Waals surface area (Å²) in [6, 6.07) is 17.9. The number of carbonyl (C=O) groups excluding carboxylic acids is 2. The van der Waals surface area contributed by atoms with Crippen molar-refractivity contribution in [1.29, 1.82) is 0 Å². The number of carbonyl (C=O) groups is 2. The first-order chi connectivity index (χ1) is 16.5. The van der Waals surface area contributed by atoms with Crippen molar-refractivity contribution in [3.8, 4) is 17.4 Å². The number of pyridine rings is 1. The Morgan fingerprint density at radius 3 is 2.56 bits per heavy atom. The third-order valence-corrected chi connectivity index (χ3v) is 5.64. The van der Waals surface area contributed by atoms with Crippen LogP contribution >= 0.6 is 0 Å². The molecule has 0 saturated heterocycles. The summed E-state index contributed by atoms with van der Waals surface area (Å²) in [4.78, 5) is 29.3. The van der Waals surface area contributed by atoms with E-state index in [9.17, 15) is 9.59 Å². The van der Waals surface area contributed by atoms with Gasteiger partial charge in [-0.25, -0.2) is 4.98 Å². The topological polar surface area (TPSA) is 89.6 Å². The molecule has 2 aromatic carbocycles. The van der Waals surface area contributed by atoms with Gasteiger partial charge in [0.15, 0.2) is 0 Å². The van der Waals surface area contributed by atoms with Crippen molar-refractivity contribution in [3.05, 3.63) is 78.0 Å². The van der Waals surface area contributed by atoms with Crippen LogP contribution in [0, 0.1) is 11.8 Å². The summed E-state index contributed by atoms with van der Waals surface area (Å²) in [5, 5.41) is 5.80. The Hall–Kier alpha value is -3.87. The van der Waals surface area contributed by atoms with Crippen LogP contribution in [0.25, 0.3) is 0 Å². The highest BCUT2D eigenvalue weighted by molar-refractivity contribution is 5.98. The monoisotopic (exact) mass is 459 g/mol. The molecule has 1 heterocycles. The Morgan fingerprint density at radius 1 is 1.06 bits per heavy atom. The van der Waals surface area contributed by atoms with Crippen molar-refractivity contribution < 1.29 is 19.1 Å². The van der Waals surface area contributed by atoms with Crippen LogP contribution in [0.15, 0.2) is 66.9 Å². The minimum atomic E-state index is -0.247. The van der Waals surface area contributed by atoms with E-state index >= 15 is 0 Å². The van der Waals surface area contributed by atoms with Crippen molar-refractivity contribution in [2.45, 2.75) is 33.2 Å². The Morgan fingerprint density at radius 2 is 1.82 bits per heavy atom. The standard InChI is InChI=1S/C27H29N3O4/c1-3-14-33-22-9-11-23(12-10-22)34-27-20(7-5-13-28-27)17-29-25(31)19-6-4-8-21(16-19)30-26(32)24-15-18(24)2/h4-13,16,18,24H,3,14-15,17H2,1-2H3,(H,29,31)(H,30,32). The van der Waals surface area contributed by atoms with E-state index in [4.69, 9.17) is 9.47 Å². The number of hydrogen-bond donors (Lipinski definition) is 2. The number of amides is 2. The summed E-state index contributed by atoms with van der Waals surface area (Å²) in [6.45, 7) is 5.03. The molecule has 3 aromatic rings. The fraction of sp³-hybridized carbons (Fsp3) is 0.296. The van der Waals surface area contributed by atoms with E-state index in [1.54, 1.807) is 36.5 Å². The maximum absolute atomic E-state index is 12.7. The molecule has 1 saturated carbocycles. The first-order valence-corrected chi connectivity index (χ1v) is 11.6. The van der Waals surface area contributed by atoms with Crippen LogP contribution in [0.1, 0.15) is 42.6 Å². The molecule has 1 aromatic heterocycles. The third-order valence-electron chi connectivity index (χ3n) is 5.64. The molecule has 2 unspecified atom stereocenters. The number of rotatable bonds is 10. The highest BCUT2D eigenvalue weighted by Gasteiger charge is 2.39. The molecule has 7 nitrogen and oxygen atoms in total. The summed E-state index contributed by atoms with van der Waals surface area (Å²) in [7, 11) is 0. The smallest absolute Gasteiger partial charge is 0.251 e. The number of nitrogens with zero attached hydrogens (tertiary/aromatic N) is 1. The molecule has 0 spiro atoms. The Kier molecular flexibility index (Phi) is 7.42. The number of hydrogen-bond acceptors (Lipinski definition) is 5. The molecule has 176 valence electrons. The molecule has 1 aliphatic rings. The van der Waals surface area contributed by atoms with Crippen LogP contribution in [0.5, 0.6) is 17.4 Å². The molecule has 2 N–H and O–H groups in total. The van der Waals surface area contributed by atoms with E-state index < -0.39 is 0 Å². The van der Waals surface area contributed by atoms with Crippen LogP contribution in [0.4, 0.5) is 5.69 Å². The number of anilines is 1. The van der Waals surface area contributed by atoms with E-state index in [-0.39, 0.29) is 24.3 Å². The summed E-state index contributed by atoms with van der Waals surface area (Å²) in [5.41, 5.74) is 1.83. The van der Waals surface area contributed by atoms with Gasteiger partial charge >= 0.3 is 0 Å². The van der Waals surface area contributed by atoms with Crippen molar-refractivity contribution in [1.82, 2.24) is 10.3 Å². The molecule has 1 fully saturated rings. The average molecular weight is 460 g/mol. The van der Waals surface area contributed by atoms with Crippen molar-refractivity contribution in [2.75, 3.05) is 11.9 Å². The molecule has 1 aliphatic carbocycles. The van der Waals surface area contributed by atoms with Gasteiger partial charge in [-0.3, -0.25) is 9.59 Å². The molecule has 7 heteroatoms. The zero-order chi connectivity index (χ0) is 23.9. The van der Waals surface area contributed by atoms with Gasteiger partial charge in [-0.1, -0.05) is 26.0 Å². The maximum atomic E-state index is 12.7. The summed E-state index contributed by atoms with van der Waals surface area (Å²) in [6.07, 6.45) is 3.50. The van der Waals surface area contributed by atoms with Gasteiger partial charge in [0.1, 0.15) is 11.5 Å². The Balaban J connectivity index is 1.36. The predicted molar refractivity (Wildman–Crippen MR) is 130 cm³/mol. The minimum absolute atomic E-state index is 0.00664. The van der Waals surface area contributed by atoms with Crippen molar-refractivity contribution >= 4 is 17.5 Å². The first kappa shape index (κ1) is 23.3. The highest BCUT2D eigenvalue weighted by Crippen LogP contribution is 2.38. The molecule has 0 radical (unpaired) electrons. The van der Waals surface area contributed by atoms with Crippen LogP contribution in [0.3, 0.4) is 0 Å². The fourth-order valence-corrected chi connectivity index (χ4v) is 3.52. The van der Waals surface area contributed by atoms with Gasteiger partial charge in [-0.2, -0.15) is 0 Å². The quantitative estimate of drug-likeness (QED) is 0.436. The maximum Gasteiger partial charge on any atom is 0.251 e. The van der Waals surface area contributed by atoms with E-state index in [1.807, 2.05) is 30.3 Å². The molecule has 34 heavy (non-hydrogen) atoms. The molecule has 4 rings (SSSR count). The molecular formula is C27H29N3O4. The molecule has 2 atom stereocenters. The lowest BCUT2D eigenvalue weighted by Gasteiger charge is -2.12. The van der Waals surface area contributed by atoms with Crippen LogP contribution < -0.4 is 20.1 Å². The Labute approximate surface area is 199 Å². The van der Waals surface area contributed by atoms with Gasteiger partial charge in [-0.15, -0.1) is 0 Å². The number of aromatic nitrogens is 1. The summed E-state index contributed by atoms with van der Waals surface area (Å²) in [5.74, 6) is 2.09. The van der Waals surface area contributed by atoms with Crippen molar-refractivity contribution in [2.24, 2.45) is 11.8 Å². The summed E-state index contributed by atoms with van der Waals surface area (Å²) < 4.78 is 11.5. The van der Waals surface area contributed by atoms with Crippen LogP contribution in [0.2, 0.25) is 0 Å². The van der Waals surface area contributed by atoms with E-state index in [0.29, 0.717) is 35.4 Å². The number of ether oxygens (including phenoxy) is 2. The average Bonchev–Trinajstić information content (AvgIpc) is 3.60. The van der Waals surface area contributed by atoms with Gasteiger partial charge in [0.05, 0.1) is 6.61 Å². The lowest BCUT2D eigenvalue weighted by Crippen LogP contribution is -2.23. The van der Waals surface area contributed by atoms with Gasteiger partial charge < -0.3 is 20.1 Å². The van der Waals surface area contributed by atoms with Gasteiger partial charge in [-0.05, 0) is 67.3 Å². The lowest BCUT2D eigenvalue weighted by molar-refractivity contribution is -0.117. The number of benzene rings is 2. The lowest BCUT2D eigenvalue weighted by atomic mass is 10.1. The van der Waals surface area contributed by atoms with E-state index in [2.05, 4.69) is 29.5 Å². The normalized spacial score (nSPS) is 16.4. The Bertz CT molecular complexity index is 1150. The van der Waals surface area contributed by atoms with Gasteiger partial charge in [0.25, 0.3) is 5.91 Å².